The van der Waals surface area contributed by atoms with Gasteiger partial charge in [0.2, 0.25) is 0 Å². The molecule has 0 spiro atoms. The smallest absolute Gasteiger partial charge is 0.335 e. The molecule has 2 atom stereocenters. The zero-order valence-corrected chi connectivity index (χ0v) is 12.6. The third-order valence-electron chi connectivity index (χ3n) is 3.74. The van der Waals surface area contributed by atoms with Gasteiger partial charge in [0, 0.05) is 46.4 Å². The van der Waals surface area contributed by atoms with Gasteiger partial charge in [0.1, 0.15) is 0 Å². The number of ether oxygens (including phenoxy) is 1. The predicted molar refractivity (Wildman–Crippen MR) is 73.1 cm³/mol. The first kappa shape index (κ1) is 14.4. The van der Waals surface area contributed by atoms with Gasteiger partial charge in [0.25, 0.3) is 0 Å². The summed E-state index contributed by atoms with van der Waals surface area (Å²) in [5.41, 5.74) is 0. The van der Waals surface area contributed by atoms with Crippen LogP contribution in [0, 0.1) is 0 Å². The van der Waals surface area contributed by atoms with Gasteiger partial charge in [-0.05, 0) is 19.0 Å². The van der Waals surface area contributed by atoms with E-state index in [2.05, 4.69) is 16.8 Å². The van der Waals surface area contributed by atoms with E-state index in [0.29, 0.717) is 6.61 Å². The van der Waals surface area contributed by atoms with Crippen molar-refractivity contribution in [2.75, 3.05) is 53.0 Å². The highest BCUT2D eigenvalue weighted by Crippen LogP contribution is 2.20. The molecule has 0 radical (unpaired) electrons. The fraction of sp³-hybridized carbons (Fsp3) is 1.00. The molecule has 2 aliphatic heterocycles. The molecule has 2 rings (SSSR count). The minimum atomic E-state index is -1.96. The van der Waals surface area contributed by atoms with E-state index >= 15 is 0 Å². The Hall–Kier alpha value is 0.0169. The van der Waals surface area contributed by atoms with E-state index in [1.807, 2.05) is 0 Å². The predicted octanol–water partition coefficient (Wildman–Crippen LogP) is 0.416. The minimum absolute atomic E-state index is 0.167. The lowest BCUT2D eigenvalue weighted by Gasteiger charge is -2.36. The van der Waals surface area contributed by atoms with Crippen LogP contribution in [0.25, 0.3) is 0 Å². The van der Waals surface area contributed by atoms with Crippen molar-refractivity contribution in [2.45, 2.75) is 25.1 Å². The lowest BCUT2D eigenvalue weighted by Crippen LogP contribution is -2.51. The van der Waals surface area contributed by atoms with Crippen molar-refractivity contribution >= 4 is 8.56 Å². The first-order valence-electron chi connectivity index (χ1n) is 6.96. The molecule has 0 aromatic carbocycles. The number of rotatable bonds is 3. The van der Waals surface area contributed by atoms with Gasteiger partial charge in [0.15, 0.2) is 0 Å². The Bertz CT molecular complexity index is 251. The van der Waals surface area contributed by atoms with Gasteiger partial charge >= 0.3 is 8.56 Å². The second-order valence-electron chi connectivity index (χ2n) is 5.31. The second-order valence-corrected chi connectivity index (χ2v) is 8.72. The van der Waals surface area contributed by atoms with E-state index in [1.165, 1.54) is 0 Å². The summed E-state index contributed by atoms with van der Waals surface area (Å²) in [6, 6.07) is 1.03. The summed E-state index contributed by atoms with van der Waals surface area (Å²) in [6.07, 6.45) is 1.22. The van der Waals surface area contributed by atoms with Crippen molar-refractivity contribution in [2.24, 2.45) is 0 Å². The van der Waals surface area contributed by atoms with Crippen molar-refractivity contribution in [1.82, 2.24) is 10.2 Å². The maximum Gasteiger partial charge on any atom is 0.335 e. The van der Waals surface area contributed by atoms with Crippen LogP contribution in [0.3, 0.4) is 0 Å². The Morgan fingerprint density at radius 3 is 2.89 bits per heavy atom. The lowest BCUT2D eigenvalue weighted by molar-refractivity contribution is -0.000672. The first-order valence-corrected chi connectivity index (χ1v) is 9.48. The van der Waals surface area contributed by atoms with E-state index < -0.39 is 8.56 Å². The number of nitrogens with one attached hydrogen (secondary N) is 1. The zero-order chi connectivity index (χ0) is 12.8. The van der Waals surface area contributed by atoms with E-state index in [1.54, 1.807) is 7.11 Å². The molecule has 2 unspecified atom stereocenters. The Morgan fingerprint density at radius 1 is 1.39 bits per heavy atom. The normalized spacial score (nSPS) is 36.0. The molecule has 2 heterocycles. The zero-order valence-electron chi connectivity index (χ0n) is 11.6. The van der Waals surface area contributed by atoms with Crippen LogP contribution in [0.15, 0.2) is 0 Å². The van der Waals surface area contributed by atoms with Crippen LogP contribution >= 0.6 is 0 Å². The molecule has 0 aliphatic carbocycles. The highest BCUT2D eigenvalue weighted by atomic mass is 28.4. The SMILES string of the molecule is CO[Si]1(C)CCCOCC(CN2CCNCC2)O1. The number of hydrogen-bond donors (Lipinski definition) is 1. The van der Waals surface area contributed by atoms with E-state index in [4.69, 9.17) is 13.6 Å². The Balaban J connectivity index is 1.87. The maximum absolute atomic E-state index is 6.26. The molecule has 2 saturated heterocycles. The van der Waals surface area contributed by atoms with Crippen LogP contribution in [0.1, 0.15) is 6.42 Å². The van der Waals surface area contributed by atoms with E-state index in [-0.39, 0.29) is 6.10 Å². The molecule has 18 heavy (non-hydrogen) atoms. The molecule has 1 N–H and O–H groups in total. The minimum Gasteiger partial charge on any atom is -0.398 e. The van der Waals surface area contributed by atoms with Crippen molar-refractivity contribution in [3.63, 3.8) is 0 Å². The molecule has 0 amide bonds. The standard InChI is InChI=1S/C12H26N2O3Si/c1-15-18(2)9-3-8-16-11-12(17-18)10-14-6-4-13-5-7-14/h12-13H,3-11H2,1-2H3. The van der Waals surface area contributed by atoms with Crippen molar-refractivity contribution in [3.05, 3.63) is 0 Å². The van der Waals surface area contributed by atoms with Crippen LogP contribution < -0.4 is 5.32 Å². The summed E-state index contributed by atoms with van der Waals surface area (Å²) in [5, 5.41) is 3.37. The van der Waals surface area contributed by atoms with Gasteiger partial charge in [-0.15, -0.1) is 0 Å². The van der Waals surface area contributed by atoms with Gasteiger partial charge in [-0.2, -0.15) is 0 Å². The monoisotopic (exact) mass is 274 g/mol. The van der Waals surface area contributed by atoms with Crippen LogP contribution in [-0.4, -0.2) is 72.6 Å². The average molecular weight is 274 g/mol. The van der Waals surface area contributed by atoms with Crippen LogP contribution in [0.4, 0.5) is 0 Å². The van der Waals surface area contributed by atoms with Crippen LogP contribution in [-0.2, 0) is 13.6 Å². The summed E-state index contributed by atoms with van der Waals surface area (Å²) in [7, 11) is -0.175. The molecule has 2 aliphatic rings. The summed E-state index contributed by atoms with van der Waals surface area (Å²) in [5.74, 6) is 0. The van der Waals surface area contributed by atoms with E-state index in [9.17, 15) is 0 Å². The third kappa shape index (κ3) is 4.29. The summed E-state index contributed by atoms with van der Waals surface area (Å²) < 4.78 is 17.6. The highest BCUT2D eigenvalue weighted by molar-refractivity contribution is 6.66. The molecule has 6 heteroatoms. The summed E-state index contributed by atoms with van der Waals surface area (Å²) >= 11 is 0. The largest absolute Gasteiger partial charge is 0.398 e. The quantitative estimate of drug-likeness (QED) is 0.756. The van der Waals surface area contributed by atoms with Gasteiger partial charge in [-0.3, -0.25) is 4.90 Å². The van der Waals surface area contributed by atoms with Crippen molar-refractivity contribution < 1.29 is 13.6 Å². The molecule has 5 nitrogen and oxygen atoms in total. The van der Waals surface area contributed by atoms with Gasteiger partial charge in [0.05, 0.1) is 12.7 Å². The van der Waals surface area contributed by atoms with Crippen LogP contribution in [0.5, 0.6) is 0 Å². The maximum atomic E-state index is 6.26. The molecule has 0 aromatic heterocycles. The average Bonchev–Trinajstić information content (AvgIpc) is 2.37. The van der Waals surface area contributed by atoms with Crippen molar-refractivity contribution in [3.8, 4) is 0 Å². The lowest BCUT2D eigenvalue weighted by atomic mass is 10.3. The fourth-order valence-electron chi connectivity index (χ4n) is 2.58. The molecule has 0 bridgehead atoms. The number of piperazine rings is 1. The van der Waals surface area contributed by atoms with Gasteiger partial charge in [-0.1, -0.05) is 0 Å². The second kappa shape index (κ2) is 6.98. The van der Waals surface area contributed by atoms with Gasteiger partial charge in [-0.25, -0.2) is 0 Å². The van der Waals surface area contributed by atoms with Crippen LogP contribution in [0.2, 0.25) is 12.6 Å². The Labute approximate surface area is 111 Å². The number of nitrogens with zero attached hydrogens (tertiary/aromatic N) is 1. The summed E-state index contributed by atoms with van der Waals surface area (Å²) in [4.78, 5) is 2.45. The molecular weight excluding hydrogens is 248 g/mol. The molecule has 2 fully saturated rings. The molecule has 106 valence electrons. The topological polar surface area (TPSA) is 43.0 Å². The molecular formula is C12H26N2O3Si. The fourth-order valence-corrected chi connectivity index (χ4v) is 4.63. The van der Waals surface area contributed by atoms with Crippen molar-refractivity contribution in [1.29, 1.82) is 0 Å². The number of hydrogen-bond acceptors (Lipinski definition) is 5. The van der Waals surface area contributed by atoms with E-state index in [0.717, 1.165) is 51.8 Å². The Kier molecular flexibility index (Phi) is 5.59. The third-order valence-corrected chi connectivity index (χ3v) is 6.70. The first-order chi connectivity index (χ1) is 8.72. The highest BCUT2D eigenvalue weighted by Gasteiger charge is 2.35. The van der Waals surface area contributed by atoms with Gasteiger partial charge < -0.3 is 18.9 Å². The molecule has 0 saturated carbocycles. The Morgan fingerprint density at radius 2 is 2.17 bits per heavy atom. The summed E-state index contributed by atoms with van der Waals surface area (Å²) in [6.45, 7) is 9.04. The molecule has 0 aromatic rings.